The van der Waals surface area contributed by atoms with Gasteiger partial charge in [-0.1, -0.05) is 64.5 Å². The van der Waals surface area contributed by atoms with Crippen molar-refractivity contribution < 1.29 is 22.7 Å². The number of carbonyl (C=O) groups is 2. The Hall–Kier alpha value is -3.37. The standard InChI is InChI=1S/C28H32BrN3O5S/c1-4-30-28(34)26(17-21-9-6-5-7-10-21)31(19-22-13-15-23(29)16-14-22)27(33)20-32(38(3,35)36)24-11-8-12-25(18-24)37-2/h5-16,18,26H,4,17,19-20H2,1-3H3,(H,30,34)/t26-/m1/s1. The first-order chi connectivity index (χ1) is 18.1. The largest absolute Gasteiger partial charge is 0.497 e. The van der Waals surface area contributed by atoms with Gasteiger partial charge in [0, 0.05) is 30.0 Å². The summed E-state index contributed by atoms with van der Waals surface area (Å²) in [5.74, 6) is -0.359. The molecule has 8 nitrogen and oxygen atoms in total. The average molecular weight is 603 g/mol. The number of anilines is 1. The molecule has 0 fully saturated rings. The first-order valence-electron chi connectivity index (χ1n) is 12.1. The summed E-state index contributed by atoms with van der Waals surface area (Å²) in [5.41, 5.74) is 1.97. The van der Waals surface area contributed by atoms with Gasteiger partial charge in [0.15, 0.2) is 0 Å². The van der Waals surface area contributed by atoms with Crippen molar-refractivity contribution in [3.8, 4) is 5.75 Å². The number of nitrogens with zero attached hydrogens (tertiary/aromatic N) is 2. The molecule has 0 heterocycles. The van der Waals surface area contributed by atoms with Crippen molar-refractivity contribution in [3.63, 3.8) is 0 Å². The van der Waals surface area contributed by atoms with E-state index in [4.69, 9.17) is 4.74 Å². The fourth-order valence-electron chi connectivity index (χ4n) is 4.01. The topological polar surface area (TPSA) is 96.0 Å². The molecule has 0 saturated heterocycles. The summed E-state index contributed by atoms with van der Waals surface area (Å²) in [5, 5.41) is 2.84. The molecule has 3 rings (SSSR count). The number of hydrogen-bond acceptors (Lipinski definition) is 5. The van der Waals surface area contributed by atoms with Crippen molar-refractivity contribution in [2.24, 2.45) is 0 Å². The van der Waals surface area contributed by atoms with Crippen LogP contribution >= 0.6 is 15.9 Å². The van der Waals surface area contributed by atoms with Gasteiger partial charge in [-0.15, -0.1) is 0 Å². The minimum Gasteiger partial charge on any atom is -0.497 e. The number of halogens is 1. The van der Waals surface area contributed by atoms with E-state index in [-0.39, 0.29) is 18.9 Å². The number of ether oxygens (including phenoxy) is 1. The van der Waals surface area contributed by atoms with Gasteiger partial charge in [0.05, 0.1) is 19.1 Å². The Morgan fingerprint density at radius 2 is 1.66 bits per heavy atom. The number of hydrogen-bond donors (Lipinski definition) is 1. The predicted molar refractivity (Wildman–Crippen MR) is 152 cm³/mol. The molecule has 0 aliphatic carbocycles. The van der Waals surface area contributed by atoms with Crippen LogP contribution in [0.15, 0.2) is 83.3 Å². The lowest BCUT2D eigenvalue weighted by Crippen LogP contribution is -2.53. The maximum absolute atomic E-state index is 13.9. The van der Waals surface area contributed by atoms with Gasteiger partial charge in [0.1, 0.15) is 18.3 Å². The Morgan fingerprint density at radius 1 is 0.974 bits per heavy atom. The molecule has 0 bridgehead atoms. The highest BCUT2D eigenvalue weighted by atomic mass is 79.9. The zero-order valence-electron chi connectivity index (χ0n) is 21.6. The molecule has 3 aromatic carbocycles. The Morgan fingerprint density at radius 3 is 2.26 bits per heavy atom. The first kappa shape index (κ1) is 29.2. The number of methoxy groups -OCH3 is 1. The second-order valence-corrected chi connectivity index (χ2v) is 11.5. The van der Waals surface area contributed by atoms with Crippen LogP contribution in [0.5, 0.6) is 5.75 Å². The van der Waals surface area contributed by atoms with Gasteiger partial charge in [-0.2, -0.15) is 0 Å². The number of carbonyl (C=O) groups excluding carboxylic acids is 2. The number of benzene rings is 3. The van der Waals surface area contributed by atoms with Crippen LogP contribution in [0.2, 0.25) is 0 Å². The van der Waals surface area contributed by atoms with E-state index in [1.807, 2.05) is 61.5 Å². The predicted octanol–water partition coefficient (Wildman–Crippen LogP) is 4.00. The molecule has 0 spiro atoms. The third kappa shape index (κ3) is 8.06. The van der Waals surface area contributed by atoms with E-state index in [0.29, 0.717) is 18.0 Å². The lowest BCUT2D eigenvalue weighted by molar-refractivity contribution is -0.140. The van der Waals surface area contributed by atoms with Gasteiger partial charge in [-0.25, -0.2) is 8.42 Å². The van der Waals surface area contributed by atoms with Crippen LogP contribution < -0.4 is 14.4 Å². The molecule has 0 radical (unpaired) electrons. The van der Waals surface area contributed by atoms with Crippen LogP contribution in [0.1, 0.15) is 18.1 Å². The lowest BCUT2D eigenvalue weighted by Gasteiger charge is -2.33. The molecule has 10 heteroatoms. The molecule has 0 aliphatic rings. The summed E-state index contributed by atoms with van der Waals surface area (Å²) >= 11 is 3.42. The monoisotopic (exact) mass is 601 g/mol. The minimum atomic E-state index is -3.84. The summed E-state index contributed by atoms with van der Waals surface area (Å²) in [7, 11) is -2.36. The Balaban J connectivity index is 2.03. The maximum Gasteiger partial charge on any atom is 0.244 e. The summed E-state index contributed by atoms with van der Waals surface area (Å²) in [4.78, 5) is 28.7. The minimum absolute atomic E-state index is 0.121. The second-order valence-electron chi connectivity index (χ2n) is 8.72. The molecule has 3 aromatic rings. The number of likely N-dealkylation sites (N-methyl/N-ethyl adjacent to an activating group) is 1. The summed E-state index contributed by atoms with van der Waals surface area (Å²) < 4.78 is 32.8. The zero-order chi connectivity index (χ0) is 27.7. The van der Waals surface area contributed by atoms with E-state index in [2.05, 4.69) is 21.2 Å². The van der Waals surface area contributed by atoms with Crippen LogP contribution in [-0.4, -0.2) is 57.6 Å². The van der Waals surface area contributed by atoms with Gasteiger partial charge in [0.25, 0.3) is 0 Å². The maximum atomic E-state index is 13.9. The number of rotatable bonds is 12. The zero-order valence-corrected chi connectivity index (χ0v) is 24.0. The first-order valence-corrected chi connectivity index (χ1v) is 14.7. The second kappa shape index (κ2) is 13.4. The highest BCUT2D eigenvalue weighted by Crippen LogP contribution is 2.24. The van der Waals surface area contributed by atoms with Gasteiger partial charge < -0.3 is 15.0 Å². The Bertz CT molecular complexity index is 1330. The molecule has 0 saturated carbocycles. The molecule has 0 aliphatic heterocycles. The van der Waals surface area contributed by atoms with Gasteiger partial charge in [-0.3, -0.25) is 13.9 Å². The molecule has 202 valence electrons. The van der Waals surface area contributed by atoms with Crippen LogP contribution in [0.3, 0.4) is 0 Å². The van der Waals surface area contributed by atoms with Crippen molar-refractivity contribution in [1.29, 1.82) is 0 Å². The van der Waals surface area contributed by atoms with Crippen molar-refractivity contribution in [1.82, 2.24) is 10.2 Å². The fourth-order valence-corrected chi connectivity index (χ4v) is 5.12. The molecular weight excluding hydrogens is 570 g/mol. The quantitative estimate of drug-likeness (QED) is 0.338. The van der Waals surface area contributed by atoms with Crippen molar-refractivity contribution >= 4 is 43.5 Å². The SMILES string of the molecule is CCNC(=O)[C@@H](Cc1ccccc1)N(Cc1ccc(Br)cc1)C(=O)CN(c1cccc(OC)c1)S(C)(=O)=O. The molecule has 1 atom stereocenters. The van der Waals surface area contributed by atoms with Crippen LogP contribution in [-0.2, 0) is 32.6 Å². The third-order valence-corrected chi connectivity index (χ3v) is 7.58. The molecule has 38 heavy (non-hydrogen) atoms. The van der Waals surface area contributed by atoms with E-state index in [0.717, 1.165) is 26.2 Å². The highest BCUT2D eigenvalue weighted by Gasteiger charge is 2.32. The molecule has 2 amide bonds. The highest BCUT2D eigenvalue weighted by molar-refractivity contribution is 9.10. The summed E-state index contributed by atoms with van der Waals surface area (Å²) in [6, 6.07) is 22.5. The summed E-state index contributed by atoms with van der Waals surface area (Å²) in [6.07, 6.45) is 1.32. The van der Waals surface area contributed by atoms with E-state index < -0.39 is 28.5 Å². The molecular formula is C28H32BrN3O5S. The van der Waals surface area contributed by atoms with E-state index in [1.54, 1.807) is 24.3 Å². The lowest BCUT2D eigenvalue weighted by atomic mass is 10.0. The third-order valence-electron chi connectivity index (χ3n) is 5.91. The number of nitrogens with one attached hydrogen (secondary N) is 1. The number of amides is 2. The molecule has 0 unspecified atom stereocenters. The molecule has 1 N–H and O–H groups in total. The van der Waals surface area contributed by atoms with E-state index in [1.165, 1.54) is 12.0 Å². The van der Waals surface area contributed by atoms with E-state index >= 15 is 0 Å². The smallest absolute Gasteiger partial charge is 0.244 e. The van der Waals surface area contributed by atoms with Crippen LogP contribution in [0, 0.1) is 0 Å². The van der Waals surface area contributed by atoms with Gasteiger partial charge >= 0.3 is 0 Å². The normalized spacial score (nSPS) is 11.9. The van der Waals surface area contributed by atoms with Crippen molar-refractivity contribution in [2.75, 3.05) is 30.8 Å². The van der Waals surface area contributed by atoms with Gasteiger partial charge in [-0.05, 0) is 42.3 Å². The molecule has 0 aromatic heterocycles. The van der Waals surface area contributed by atoms with Gasteiger partial charge in [0.2, 0.25) is 21.8 Å². The Kier molecular flexibility index (Phi) is 10.3. The van der Waals surface area contributed by atoms with Crippen molar-refractivity contribution in [3.05, 3.63) is 94.5 Å². The Labute approximate surface area is 232 Å². The van der Waals surface area contributed by atoms with E-state index in [9.17, 15) is 18.0 Å². The van der Waals surface area contributed by atoms with Crippen molar-refractivity contribution in [2.45, 2.75) is 25.9 Å². The van der Waals surface area contributed by atoms with Crippen LogP contribution in [0.4, 0.5) is 5.69 Å². The number of sulfonamides is 1. The fraction of sp³-hybridized carbons (Fsp3) is 0.286. The van der Waals surface area contributed by atoms with Crippen LogP contribution in [0.25, 0.3) is 0 Å². The summed E-state index contributed by atoms with van der Waals surface area (Å²) in [6.45, 7) is 1.85. The average Bonchev–Trinajstić information content (AvgIpc) is 2.90.